The highest BCUT2D eigenvalue weighted by atomic mass is 16.5. The van der Waals surface area contributed by atoms with Gasteiger partial charge in [-0.2, -0.15) is 0 Å². The summed E-state index contributed by atoms with van der Waals surface area (Å²) in [6.07, 6.45) is 2.38. The average molecular weight is 295 g/mol. The van der Waals surface area contributed by atoms with Gasteiger partial charge in [0, 0.05) is 0 Å². The van der Waals surface area contributed by atoms with Crippen LogP contribution in [0.5, 0.6) is 11.5 Å². The number of methoxy groups -OCH3 is 2. The van der Waals surface area contributed by atoms with Crippen LogP contribution in [-0.4, -0.2) is 33.5 Å². The molecule has 0 fully saturated rings. The number of benzene rings is 1. The Labute approximate surface area is 128 Å². The summed E-state index contributed by atoms with van der Waals surface area (Å²) in [5, 5.41) is 3.53. The van der Waals surface area contributed by atoms with Gasteiger partial charge in [-0.25, -0.2) is 0 Å². The van der Waals surface area contributed by atoms with Gasteiger partial charge in [0.2, 0.25) is 0 Å². The molecule has 4 nitrogen and oxygen atoms in total. The second-order valence-corrected chi connectivity index (χ2v) is 5.17. The number of ether oxygens (including phenoxy) is 3. The summed E-state index contributed by atoms with van der Waals surface area (Å²) in [5.41, 5.74) is 1.16. The van der Waals surface area contributed by atoms with Crippen LogP contribution >= 0.6 is 0 Å². The summed E-state index contributed by atoms with van der Waals surface area (Å²) >= 11 is 0. The molecular formula is C17H29NO3. The maximum atomic E-state index is 5.90. The predicted molar refractivity (Wildman–Crippen MR) is 86.3 cm³/mol. The zero-order chi connectivity index (χ0) is 15.7. The second-order valence-electron chi connectivity index (χ2n) is 5.17. The van der Waals surface area contributed by atoms with Crippen molar-refractivity contribution in [2.45, 2.75) is 45.8 Å². The molecule has 120 valence electrons. The molecule has 1 aromatic rings. The van der Waals surface area contributed by atoms with Gasteiger partial charge in [0.05, 0.1) is 33.0 Å². The van der Waals surface area contributed by atoms with Crippen molar-refractivity contribution in [2.24, 2.45) is 0 Å². The van der Waals surface area contributed by atoms with E-state index in [0.29, 0.717) is 6.61 Å². The van der Waals surface area contributed by atoms with Crippen molar-refractivity contribution in [2.75, 3.05) is 27.4 Å². The smallest absolute Gasteiger partial charge is 0.161 e. The fraction of sp³-hybridized carbons (Fsp3) is 0.647. The molecule has 0 heterocycles. The first-order valence-corrected chi connectivity index (χ1v) is 7.73. The molecule has 1 N–H and O–H groups in total. The van der Waals surface area contributed by atoms with Gasteiger partial charge in [-0.3, -0.25) is 0 Å². The zero-order valence-corrected chi connectivity index (χ0v) is 13.9. The van der Waals surface area contributed by atoms with E-state index >= 15 is 0 Å². The third-order valence-corrected chi connectivity index (χ3v) is 3.57. The summed E-state index contributed by atoms with van der Waals surface area (Å²) in [6.45, 7) is 8.02. The van der Waals surface area contributed by atoms with Gasteiger partial charge in [-0.15, -0.1) is 0 Å². The van der Waals surface area contributed by atoms with Gasteiger partial charge in [0.1, 0.15) is 0 Å². The standard InChI is InChI=1S/C17H29NO3/c1-6-10-18-15(12-21-13(3)7-2)14-8-9-16(19-4)17(11-14)20-5/h8-9,11,13,15,18H,6-7,10,12H2,1-5H3. The molecule has 2 unspecified atom stereocenters. The quantitative estimate of drug-likeness (QED) is 0.716. The van der Waals surface area contributed by atoms with E-state index in [2.05, 4.69) is 32.2 Å². The summed E-state index contributed by atoms with van der Waals surface area (Å²) in [5.74, 6) is 1.50. The minimum Gasteiger partial charge on any atom is -0.493 e. The molecule has 0 aliphatic heterocycles. The largest absolute Gasteiger partial charge is 0.493 e. The molecular weight excluding hydrogens is 266 g/mol. The number of hydrogen-bond donors (Lipinski definition) is 1. The van der Waals surface area contributed by atoms with E-state index in [9.17, 15) is 0 Å². The lowest BCUT2D eigenvalue weighted by molar-refractivity contribution is 0.0473. The molecule has 0 aromatic heterocycles. The van der Waals surface area contributed by atoms with Crippen molar-refractivity contribution in [3.63, 3.8) is 0 Å². The fourth-order valence-corrected chi connectivity index (χ4v) is 2.04. The Balaban J connectivity index is 2.85. The molecule has 0 saturated carbocycles. The molecule has 2 atom stereocenters. The van der Waals surface area contributed by atoms with Crippen LogP contribution in [-0.2, 0) is 4.74 Å². The Morgan fingerprint density at radius 1 is 1.10 bits per heavy atom. The molecule has 0 bridgehead atoms. The Bertz CT molecular complexity index is 409. The molecule has 0 aliphatic carbocycles. The monoisotopic (exact) mass is 295 g/mol. The van der Waals surface area contributed by atoms with E-state index in [1.807, 2.05) is 12.1 Å². The Kier molecular flexibility index (Phi) is 8.16. The minimum absolute atomic E-state index is 0.166. The van der Waals surface area contributed by atoms with Crippen molar-refractivity contribution < 1.29 is 14.2 Å². The predicted octanol–water partition coefficient (Wildman–Crippen LogP) is 3.56. The Hall–Kier alpha value is -1.26. The van der Waals surface area contributed by atoms with Crippen LogP contribution in [0.1, 0.15) is 45.2 Å². The molecule has 21 heavy (non-hydrogen) atoms. The lowest BCUT2D eigenvalue weighted by atomic mass is 10.1. The van der Waals surface area contributed by atoms with Crippen molar-refractivity contribution >= 4 is 0 Å². The van der Waals surface area contributed by atoms with Crippen molar-refractivity contribution in [1.82, 2.24) is 5.32 Å². The molecule has 4 heteroatoms. The second kappa shape index (κ2) is 9.64. The van der Waals surface area contributed by atoms with Crippen LogP contribution in [0.4, 0.5) is 0 Å². The van der Waals surface area contributed by atoms with E-state index < -0.39 is 0 Å². The van der Waals surface area contributed by atoms with Gasteiger partial charge in [0.25, 0.3) is 0 Å². The summed E-state index contributed by atoms with van der Waals surface area (Å²) in [6, 6.07) is 6.19. The summed E-state index contributed by atoms with van der Waals surface area (Å²) in [4.78, 5) is 0. The van der Waals surface area contributed by atoms with E-state index in [0.717, 1.165) is 36.4 Å². The first-order valence-electron chi connectivity index (χ1n) is 7.73. The molecule has 1 rings (SSSR count). The fourth-order valence-electron chi connectivity index (χ4n) is 2.04. The molecule has 0 amide bonds. The SMILES string of the molecule is CCCNC(COC(C)CC)c1ccc(OC)c(OC)c1. The Morgan fingerprint density at radius 3 is 2.38 bits per heavy atom. The normalized spacial score (nSPS) is 13.8. The van der Waals surface area contributed by atoms with E-state index in [1.54, 1.807) is 14.2 Å². The highest BCUT2D eigenvalue weighted by Crippen LogP contribution is 2.30. The number of nitrogens with one attached hydrogen (secondary N) is 1. The topological polar surface area (TPSA) is 39.7 Å². The van der Waals surface area contributed by atoms with E-state index in [4.69, 9.17) is 14.2 Å². The number of rotatable bonds is 10. The van der Waals surface area contributed by atoms with Crippen LogP contribution in [0.2, 0.25) is 0 Å². The van der Waals surface area contributed by atoms with Gasteiger partial charge >= 0.3 is 0 Å². The third kappa shape index (κ3) is 5.56. The summed E-state index contributed by atoms with van der Waals surface area (Å²) in [7, 11) is 3.31. The van der Waals surface area contributed by atoms with Crippen LogP contribution in [0, 0.1) is 0 Å². The molecule has 0 saturated heterocycles. The number of hydrogen-bond acceptors (Lipinski definition) is 4. The molecule has 1 aromatic carbocycles. The van der Waals surface area contributed by atoms with Gasteiger partial charge in [-0.1, -0.05) is 19.9 Å². The first kappa shape index (κ1) is 17.8. The highest BCUT2D eigenvalue weighted by molar-refractivity contribution is 5.43. The van der Waals surface area contributed by atoms with Crippen molar-refractivity contribution in [1.29, 1.82) is 0 Å². The molecule has 0 aliphatic rings. The average Bonchev–Trinajstić information content (AvgIpc) is 2.53. The molecule has 0 spiro atoms. The van der Waals surface area contributed by atoms with Crippen LogP contribution in [0.3, 0.4) is 0 Å². The van der Waals surface area contributed by atoms with Crippen LogP contribution in [0.25, 0.3) is 0 Å². The van der Waals surface area contributed by atoms with Gasteiger partial charge < -0.3 is 19.5 Å². The molecule has 0 radical (unpaired) electrons. The third-order valence-electron chi connectivity index (χ3n) is 3.57. The van der Waals surface area contributed by atoms with Crippen molar-refractivity contribution in [3.8, 4) is 11.5 Å². The van der Waals surface area contributed by atoms with Crippen LogP contribution in [0.15, 0.2) is 18.2 Å². The Morgan fingerprint density at radius 2 is 1.81 bits per heavy atom. The maximum Gasteiger partial charge on any atom is 0.161 e. The lowest BCUT2D eigenvalue weighted by Crippen LogP contribution is -2.28. The van der Waals surface area contributed by atoms with Crippen LogP contribution < -0.4 is 14.8 Å². The lowest BCUT2D eigenvalue weighted by Gasteiger charge is -2.22. The minimum atomic E-state index is 0.166. The van der Waals surface area contributed by atoms with Gasteiger partial charge in [0.15, 0.2) is 11.5 Å². The van der Waals surface area contributed by atoms with E-state index in [-0.39, 0.29) is 12.1 Å². The van der Waals surface area contributed by atoms with Crippen molar-refractivity contribution in [3.05, 3.63) is 23.8 Å². The van der Waals surface area contributed by atoms with Gasteiger partial charge in [-0.05, 0) is 44.0 Å². The maximum absolute atomic E-state index is 5.90. The summed E-state index contributed by atoms with van der Waals surface area (Å²) < 4.78 is 16.6. The van der Waals surface area contributed by atoms with E-state index in [1.165, 1.54) is 0 Å². The highest BCUT2D eigenvalue weighted by Gasteiger charge is 2.15. The zero-order valence-electron chi connectivity index (χ0n) is 13.9. The first-order chi connectivity index (χ1) is 10.2.